The van der Waals surface area contributed by atoms with Crippen molar-refractivity contribution in [3.05, 3.63) is 58.1 Å². The molecule has 3 nitrogen and oxygen atoms in total. The maximum atomic E-state index is 9.81. The lowest BCUT2D eigenvalue weighted by Gasteiger charge is -2.43. The Morgan fingerprint density at radius 1 is 1.18 bits per heavy atom. The number of nitrogens with one attached hydrogen (secondary N) is 1. The number of phenolic OH excluding ortho intramolecular Hbond substituents is 1. The number of hydrogen-bond donors (Lipinski definition) is 2. The van der Waals surface area contributed by atoms with Crippen LogP contribution in [-0.2, 0) is 4.74 Å². The molecule has 0 radical (unpaired) electrons. The third-order valence-electron chi connectivity index (χ3n) is 4.66. The van der Waals surface area contributed by atoms with Crippen molar-refractivity contribution in [2.45, 2.75) is 25.0 Å². The molecule has 2 aliphatic rings. The molecule has 2 aromatic rings. The number of aromatic hydroxyl groups is 1. The first-order chi connectivity index (χ1) is 10.7. The lowest BCUT2D eigenvalue weighted by molar-refractivity contribution is -0.0381. The molecule has 1 fully saturated rings. The molecule has 2 heterocycles. The van der Waals surface area contributed by atoms with Crippen LogP contribution in [-0.4, -0.2) is 11.7 Å². The van der Waals surface area contributed by atoms with Crippen LogP contribution in [0.2, 0.25) is 0 Å². The molecular formula is C18H18BrNO2. The van der Waals surface area contributed by atoms with E-state index in [0.29, 0.717) is 11.7 Å². The number of halogens is 1. The zero-order valence-electron chi connectivity index (χ0n) is 12.1. The monoisotopic (exact) mass is 359 g/mol. The van der Waals surface area contributed by atoms with Crippen LogP contribution in [0.15, 0.2) is 46.9 Å². The van der Waals surface area contributed by atoms with Gasteiger partial charge in [-0.25, -0.2) is 0 Å². The van der Waals surface area contributed by atoms with Crippen LogP contribution in [0.3, 0.4) is 0 Å². The maximum absolute atomic E-state index is 9.81. The molecule has 2 aromatic carbocycles. The normalized spacial score (nSPS) is 26.7. The van der Waals surface area contributed by atoms with Crippen LogP contribution in [0.4, 0.5) is 5.69 Å². The number of anilines is 1. The molecule has 0 aliphatic carbocycles. The summed E-state index contributed by atoms with van der Waals surface area (Å²) in [6.07, 6.45) is 2.33. The van der Waals surface area contributed by atoms with E-state index in [0.717, 1.165) is 35.2 Å². The molecule has 22 heavy (non-hydrogen) atoms. The first-order valence-electron chi connectivity index (χ1n) is 7.69. The maximum Gasteiger partial charge on any atom is 0.115 e. The van der Waals surface area contributed by atoms with Crippen molar-refractivity contribution in [1.82, 2.24) is 0 Å². The van der Waals surface area contributed by atoms with E-state index in [1.54, 1.807) is 6.07 Å². The Kier molecular flexibility index (Phi) is 3.59. The van der Waals surface area contributed by atoms with Crippen LogP contribution < -0.4 is 5.32 Å². The minimum Gasteiger partial charge on any atom is -0.508 e. The molecule has 2 aliphatic heterocycles. The van der Waals surface area contributed by atoms with Crippen molar-refractivity contribution in [3.8, 4) is 5.75 Å². The summed E-state index contributed by atoms with van der Waals surface area (Å²) in [5.74, 6) is 0.700. The van der Waals surface area contributed by atoms with E-state index in [9.17, 15) is 5.11 Å². The first kappa shape index (κ1) is 14.1. The van der Waals surface area contributed by atoms with Gasteiger partial charge in [-0.15, -0.1) is 0 Å². The number of benzene rings is 2. The minimum atomic E-state index is 0.120. The van der Waals surface area contributed by atoms with Gasteiger partial charge in [0.2, 0.25) is 0 Å². The lowest BCUT2D eigenvalue weighted by atomic mass is 9.77. The summed E-state index contributed by atoms with van der Waals surface area (Å²) in [4.78, 5) is 0. The zero-order chi connectivity index (χ0) is 15.1. The van der Waals surface area contributed by atoms with Crippen LogP contribution in [0.5, 0.6) is 5.75 Å². The smallest absolute Gasteiger partial charge is 0.115 e. The Morgan fingerprint density at radius 3 is 2.95 bits per heavy atom. The van der Waals surface area contributed by atoms with Crippen molar-refractivity contribution in [2.24, 2.45) is 5.92 Å². The Morgan fingerprint density at radius 2 is 2.09 bits per heavy atom. The first-order valence-corrected chi connectivity index (χ1v) is 8.48. The second-order valence-corrected chi connectivity index (χ2v) is 6.96. The van der Waals surface area contributed by atoms with E-state index in [1.807, 2.05) is 12.1 Å². The summed E-state index contributed by atoms with van der Waals surface area (Å²) in [5, 5.41) is 13.5. The number of fused-ring (bicyclic) bond motifs is 3. The average Bonchev–Trinajstić information content (AvgIpc) is 2.54. The predicted octanol–water partition coefficient (Wildman–Crippen LogP) is 4.79. The van der Waals surface area contributed by atoms with Gasteiger partial charge in [0.25, 0.3) is 0 Å². The molecule has 0 spiro atoms. The van der Waals surface area contributed by atoms with Crippen LogP contribution in [0.1, 0.15) is 36.1 Å². The van der Waals surface area contributed by atoms with E-state index in [-0.39, 0.29) is 12.1 Å². The highest BCUT2D eigenvalue weighted by Gasteiger charge is 2.39. The minimum absolute atomic E-state index is 0.120. The van der Waals surface area contributed by atoms with E-state index in [4.69, 9.17) is 4.74 Å². The summed E-state index contributed by atoms with van der Waals surface area (Å²) in [7, 11) is 0. The standard InChI is InChI=1S/C18H18BrNO2/c19-12-6-7-16-15(10-12)18-14(5-2-8-22-18)17(20-16)11-3-1-4-13(21)9-11/h1,3-4,6-7,9-10,14,17-18,20-21H,2,5,8H2/t14?,17-,18-/m0/s1. The fraction of sp³-hybridized carbons (Fsp3) is 0.333. The number of rotatable bonds is 1. The molecule has 3 atom stereocenters. The highest BCUT2D eigenvalue weighted by molar-refractivity contribution is 9.10. The third kappa shape index (κ3) is 2.40. The summed E-state index contributed by atoms with van der Waals surface area (Å²) >= 11 is 3.56. The fourth-order valence-electron chi connectivity index (χ4n) is 3.69. The largest absolute Gasteiger partial charge is 0.508 e. The zero-order valence-corrected chi connectivity index (χ0v) is 13.7. The van der Waals surface area contributed by atoms with Gasteiger partial charge in [0.15, 0.2) is 0 Å². The van der Waals surface area contributed by atoms with Crippen molar-refractivity contribution in [1.29, 1.82) is 0 Å². The van der Waals surface area contributed by atoms with Gasteiger partial charge in [-0.05, 0) is 48.7 Å². The quantitative estimate of drug-likeness (QED) is 0.768. The number of ether oxygens (including phenoxy) is 1. The van der Waals surface area contributed by atoms with Gasteiger partial charge in [-0.3, -0.25) is 0 Å². The highest BCUT2D eigenvalue weighted by Crippen LogP contribution is 2.49. The van der Waals surface area contributed by atoms with Crippen LogP contribution >= 0.6 is 15.9 Å². The van der Waals surface area contributed by atoms with Gasteiger partial charge < -0.3 is 15.2 Å². The van der Waals surface area contributed by atoms with E-state index < -0.39 is 0 Å². The van der Waals surface area contributed by atoms with Gasteiger partial charge in [-0.2, -0.15) is 0 Å². The molecule has 1 saturated heterocycles. The topological polar surface area (TPSA) is 41.5 Å². The van der Waals surface area contributed by atoms with E-state index >= 15 is 0 Å². The van der Waals surface area contributed by atoms with Crippen molar-refractivity contribution in [3.63, 3.8) is 0 Å². The van der Waals surface area contributed by atoms with Gasteiger partial charge in [0.05, 0.1) is 12.1 Å². The van der Waals surface area contributed by atoms with Gasteiger partial charge in [0.1, 0.15) is 5.75 Å². The Balaban J connectivity index is 1.79. The number of phenols is 1. The highest BCUT2D eigenvalue weighted by atomic mass is 79.9. The van der Waals surface area contributed by atoms with Crippen molar-refractivity contribution in [2.75, 3.05) is 11.9 Å². The molecular weight excluding hydrogens is 342 g/mol. The summed E-state index contributed by atoms with van der Waals surface area (Å²) in [5.41, 5.74) is 3.48. The molecule has 0 amide bonds. The van der Waals surface area contributed by atoms with E-state index in [1.165, 1.54) is 5.56 Å². The molecule has 1 unspecified atom stereocenters. The second kappa shape index (κ2) is 5.60. The Hall–Kier alpha value is -1.52. The molecule has 4 rings (SSSR count). The Bertz CT molecular complexity index is 703. The molecule has 0 bridgehead atoms. The second-order valence-electron chi connectivity index (χ2n) is 6.05. The molecule has 0 saturated carbocycles. The summed E-state index contributed by atoms with van der Waals surface area (Å²) in [6, 6.07) is 14.0. The fourth-order valence-corrected chi connectivity index (χ4v) is 4.07. The molecule has 114 valence electrons. The Labute approximate surface area is 138 Å². The average molecular weight is 360 g/mol. The molecule has 4 heteroatoms. The van der Waals surface area contributed by atoms with E-state index in [2.05, 4.69) is 45.5 Å². The SMILES string of the molecule is Oc1cccc([C@@H]2Nc3ccc(Br)cc3[C@H]3OCCCC32)c1. The van der Waals surface area contributed by atoms with Crippen molar-refractivity contribution < 1.29 is 9.84 Å². The summed E-state index contributed by atoms with van der Waals surface area (Å²) < 4.78 is 7.20. The lowest BCUT2D eigenvalue weighted by Crippen LogP contribution is -2.35. The third-order valence-corrected chi connectivity index (χ3v) is 5.15. The van der Waals surface area contributed by atoms with Crippen molar-refractivity contribution >= 4 is 21.6 Å². The van der Waals surface area contributed by atoms with Gasteiger partial charge in [0, 0.05) is 28.2 Å². The summed E-state index contributed by atoms with van der Waals surface area (Å²) in [6.45, 7) is 0.819. The number of hydrogen-bond acceptors (Lipinski definition) is 3. The predicted molar refractivity (Wildman–Crippen MR) is 90.0 cm³/mol. The molecule has 0 aromatic heterocycles. The van der Waals surface area contributed by atoms with Gasteiger partial charge in [-0.1, -0.05) is 28.1 Å². The van der Waals surface area contributed by atoms with Crippen LogP contribution in [0, 0.1) is 5.92 Å². The molecule has 2 N–H and O–H groups in total. The van der Waals surface area contributed by atoms with Gasteiger partial charge >= 0.3 is 0 Å². The van der Waals surface area contributed by atoms with Crippen LogP contribution in [0.25, 0.3) is 0 Å².